The monoisotopic (exact) mass is 380 g/mol. The first-order valence-corrected chi connectivity index (χ1v) is 9.65. The van der Waals surface area contributed by atoms with E-state index in [2.05, 4.69) is 9.64 Å². The van der Waals surface area contributed by atoms with Gasteiger partial charge in [0, 0.05) is 6.04 Å². The molecular formula is C16H23F3N2O3S. The average Bonchev–Trinajstić information content (AvgIpc) is 2.46. The second-order valence-corrected chi connectivity index (χ2v) is 8.09. The van der Waals surface area contributed by atoms with Crippen molar-refractivity contribution in [1.29, 1.82) is 0 Å². The molecule has 1 aliphatic heterocycles. The number of nitrogens with two attached hydrogens (primary N) is 1. The Kier molecular flexibility index (Phi) is 6.01. The molecule has 0 unspecified atom stereocenters. The Labute approximate surface area is 146 Å². The van der Waals surface area contributed by atoms with Crippen molar-refractivity contribution >= 4 is 10.0 Å². The van der Waals surface area contributed by atoms with E-state index >= 15 is 0 Å². The normalized spacial score (nSPS) is 21.1. The summed E-state index contributed by atoms with van der Waals surface area (Å²) in [5.74, 6) is -0.727. The lowest BCUT2D eigenvalue weighted by atomic mass is 9.89. The van der Waals surface area contributed by atoms with Gasteiger partial charge in [0.25, 0.3) is 0 Å². The van der Waals surface area contributed by atoms with Crippen molar-refractivity contribution < 1.29 is 26.3 Å². The summed E-state index contributed by atoms with van der Waals surface area (Å²) < 4.78 is 64.9. The van der Waals surface area contributed by atoms with Gasteiger partial charge >= 0.3 is 6.36 Å². The fourth-order valence-electron chi connectivity index (χ4n) is 3.34. The van der Waals surface area contributed by atoms with Gasteiger partial charge in [0.2, 0.25) is 10.0 Å². The lowest BCUT2D eigenvalue weighted by molar-refractivity contribution is -0.274. The van der Waals surface area contributed by atoms with Crippen molar-refractivity contribution in [2.75, 3.05) is 13.6 Å². The third kappa shape index (κ3) is 5.58. The zero-order valence-electron chi connectivity index (χ0n) is 14.2. The van der Waals surface area contributed by atoms with Crippen LogP contribution in [0.15, 0.2) is 23.1 Å². The van der Waals surface area contributed by atoms with Crippen LogP contribution in [0.25, 0.3) is 0 Å². The van der Waals surface area contributed by atoms with Crippen molar-refractivity contribution in [3.05, 3.63) is 23.8 Å². The third-order valence-corrected chi connectivity index (χ3v) is 5.58. The van der Waals surface area contributed by atoms with Crippen LogP contribution < -0.4 is 9.88 Å². The summed E-state index contributed by atoms with van der Waals surface area (Å²) in [6, 6.07) is 3.42. The molecule has 0 amide bonds. The van der Waals surface area contributed by atoms with Crippen LogP contribution in [0.3, 0.4) is 0 Å². The van der Waals surface area contributed by atoms with Crippen molar-refractivity contribution in [2.24, 2.45) is 5.14 Å². The molecule has 2 atom stereocenters. The molecule has 1 saturated heterocycles. The molecule has 25 heavy (non-hydrogen) atoms. The zero-order chi connectivity index (χ0) is 18.8. The molecule has 0 bridgehead atoms. The van der Waals surface area contributed by atoms with Crippen molar-refractivity contribution in [2.45, 2.75) is 55.8 Å². The first-order valence-electron chi connectivity index (χ1n) is 8.10. The summed E-state index contributed by atoms with van der Waals surface area (Å²) in [6.07, 6.45) is -1.04. The number of hydrogen-bond donors (Lipinski definition) is 1. The van der Waals surface area contributed by atoms with Gasteiger partial charge in [-0.15, -0.1) is 13.2 Å². The van der Waals surface area contributed by atoms with E-state index in [1.807, 2.05) is 7.05 Å². The van der Waals surface area contributed by atoms with E-state index in [9.17, 15) is 21.6 Å². The number of benzene rings is 1. The molecule has 1 aromatic rings. The Hall–Kier alpha value is -1.32. The van der Waals surface area contributed by atoms with Crippen LogP contribution in [-0.2, 0) is 10.0 Å². The maximum Gasteiger partial charge on any atom is 0.573 e. The lowest BCUT2D eigenvalue weighted by Gasteiger charge is -2.34. The number of ether oxygens (including phenoxy) is 1. The first kappa shape index (κ1) is 20.0. The Morgan fingerprint density at radius 2 is 2.04 bits per heavy atom. The van der Waals surface area contributed by atoms with E-state index in [-0.39, 0.29) is 22.4 Å². The van der Waals surface area contributed by atoms with Gasteiger partial charge < -0.3 is 9.64 Å². The summed E-state index contributed by atoms with van der Waals surface area (Å²) in [5, 5.41) is 5.23. The molecule has 0 aromatic heterocycles. The van der Waals surface area contributed by atoms with Gasteiger partial charge in [-0.25, -0.2) is 13.6 Å². The van der Waals surface area contributed by atoms with Crippen LogP contribution in [0, 0.1) is 0 Å². The van der Waals surface area contributed by atoms with Crippen LogP contribution in [0.1, 0.15) is 44.1 Å². The highest BCUT2D eigenvalue weighted by Gasteiger charge is 2.32. The SMILES string of the molecule is C[C@H](C[C@@H]1CCCCN1C)c1cc(OC(F)(F)F)ccc1S(N)(=O)=O. The second-order valence-electron chi connectivity index (χ2n) is 6.56. The van der Waals surface area contributed by atoms with E-state index < -0.39 is 22.1 Å². The van der Waals surface area contributed by atoms with Crippen molar-refractivity contribution in [1.82, 2.24) is 4.90 Å². The summed E-state index contributed by atoms with van der Waals surface area (Å²) in [5.41, 5.74) is 0.253. The van der Waals surface area contributed by atoms with E-state index in [1.54, 1.807) is 6.92 Å². The van der Waals surface area contributed by atoms with E-state index in [1.165, 1.54) is 0 Å². The number of rotatable bonds is 5. The van der Waals surface area contributed by atoms with E-state index in [0.29, 0.717) is 6.42 Å². The maximum atomic E-state index is 12.5. The number of primary sulfonamides is 1. The molecule has 2 rings (SSSR count). The van der Waals surface area contributed by atoms with Crippen LogP contribution >= 0.6 is 0 Å². The van der Waals surface area contributed by atoms with Crippen LogP contribution in [0.2, 0.25) is 0 Å². The fourth-order valence-corrected chi connectivity index (χ4v) is 4.19. The molecule has 1 fully saturated rings. The minimum Gasteiger partial charge on any atom is -0.406 e. The maximum absolute atomic E-state index is 12.5. The van der Waals surface area contributed by atoms with Gasteiger partial charge in [0.15, 0.2) is 0 Å². The number of piperidine rings is 1. The van der Waals surface area contributed by atoms with Gasteiger partial charge in [-0.1, -0.05) is 13.3 Å². The molecule has 1 aromatic carbocycles. The minimum atomic E-state index is -4.84. The average molecular weight is 380 g/mol. The van der Waals surface area contributed by atoms with Crippen LogP contribution in [-0.4, -0.2) is 39.3 Å². The number of nitrogens with zero attached hydrogens (tertiary/aromatic N) is 1. The number of halogens is 3. The molecule has 1 aliphatic rings. The number of likely N-dealkylation sites (tertiary alicyclic amines) is 1. The Bertz CT molecular complexity index is 707. The van der Waals surface area contributed by atoms with Gasteiger partial charge in [-0.05, 0) is 62.5 Å². The van der Waals surface area contributed by atoms with E-state index in [4.69, 9.17) is 5.14 Å². The summed E-state index contributed by atoms with van der Waals surface area (Å²) in [7, 11) is -2.04. The fraction of sp³-hybridized carbons (Fsp3) is 0.625. The quantitative estimate of drug-likeness (QED) is 0.851. The number of alkyl halides is 3. The first-order chi connectivity index (χ1) is 11.5. The molecule has 0 aliphatic carbocycles. The molecule has 142 valence electrons. The molecule has 9 heteroatoms. The third-order valence-electron chi connectivity index (χ3n) is 4.60. The summed E-state index contributed by atoms with van der Waals surface area (Å²) in [4.78, 5) is 2.04. The van der Waals surface area contributed by atoms with Gasteiger partial charge in [0.05, 0.1) is 4.90 Å². The predicted octanol–water partition coefficient (Wildman–Crippen LogP) is 3.21. The minimum absolute atomic E-state index is 0.159. The molecule has 0 spiro atoms. The number of sulfonamides is 1. The molecule has 0 saturated carbocycles. The highest BCUT2D eigenvalue weighted by Crippen LogP contribution is 2.34. The van der Waals surface area contributed by atoms with E-state index in [0.717, 1.165) is 44.0 Å². The Morgan fingerprint density at radius 1 is 1.36 bits per heavy atom. The van der Waals surface area contributed by atoms with Crippen molar-refractivity contribution in [3.63, 3.8) is 0 Å². The highest BCUT2D eigenvalue weighted by atomic mass is 32.2. The van der Waals surface area contributed by atoms with Gasteiger partial charge in [0.1, 0.15) is 5.75 Å². The molecule has 1 heterocycles. The second kappa shape index (κ2) is 7.51. The lowest BCUT2D eigenvalue weighted by Crippen LogP contribution is -2.37. The Morgan fingerprint density at radius 3 is 2.60 bits per heavy atom. The molecular weight excluding hydrogens is 357 g/mol. The largest absolute Gasteiger partial charge is 0.573 e. The molecule has 2 N–H and O–H groups in total. The van der Waals surface area contributed by atoms with Crippen LogP contribution in [0.5, 0.6) is 5.75 Å². The summed E-state index contributed by atoms with van der Waals surface area (Å²) >= 11 is 0. The zero-order valence-corrected chi connectivity index (χ0v) is 15.0. The molecule has 0 radical (unpaired) electrons. The Balaban J connectivity index is 2.32. The topological polar surface area (TPSA) is 72.6 Å². The predicted molar refractivity (Wildman–Crippen MR) is 87.8 cm³/mol. The standard InChI is InChI=1S/C16H23F3N2O3S/c1-11(9-12-5-3-4-8-21(12)2)14-10-13(24-16(17,18)19)6-7-15(14)25(20,22)23/h6-7,10-12H,3-5,8-9H2,1-2H3,(H2,20,22,23)/t11-,12+/m1/s1. The van der Waals surface area contributed by atoms with Crippen LogP contribution in [0.4, 0.5) is 13.2 Å². The van der Waals surface area contributed by atoms with Crippen molar-refractivity contribution in [3.8, 4) is 5.75 Å². The van der Waals surface area contributed by atoms with Gasteiger partial charge in [-0.3, -0.25) is 0 Å². The summed E-state index contributed by atoms with van der Waals surface area (Å²) in [6.45, 7) is 2.75. The molecule has 5 nitrogen and oxygen atoms in total. The highest BCUT2D eigenvalue weighted by molar-refractivity contribution is 7.89. The van der Waals surface area contributed by atoms with Gasteiger partial charge in [-0.2, -0.15) is 0 Å². The smallest absolute Gasteiger partial charge is 0.406 e. The number of hydrogen-bond acceptors (Lipinski definition) is 4.